The van der Waals surface area contributed by atoms with Gasteiger partial charge < -0.3 is 24.3 Å². The second-order valence-electron chi connectivity index (χ2n) is 3.70. The van der Waals surface area contributed by atoms with Crippen molar-refractivity contribution in [1.29, 1.82) is 0 Å². The van der Waals surface area contributed by atoms with Crippen molar-refractivity contribution >= 4 is 11.9 Å². The highest BCUT2D eigenvalue weighted by atomic mass is 16.5. The van der Waals surface area contributed by atoms with Crippen LogP contribution >= 0.6 is 0 Å². The maximum absolute atomic E-state index is 10.7. The van der Waals surface area contributed by atoms with Gasteiger partial charge in [0, 0.05) is 0 Å². The Bertz CT molecular complexity index is 589. The van der Waals surface area contributed by atoms with Gasteiger partial charge in [0.05, 0.1) is 26.8 Å². The van der Waals surface area contributed by atoms with Crippen LogP contribution < -0.4 is 14.8 Å². The zero-order valence-electron chi connectivity index (χ0n) is 10.9. The number of anilines is 1. The first kappa shape index (κ1) is 13.7. The van der Waals surface area contributed by atoms with E-state index in [1.54, 1.807) is 12.1 Å². The van der Waals surface area contributed by atoms with Crippen LogP contribution in [0.3, 0.4) is 0 Å². The highest BCUT2D eigenvalue weighted by molar-refractivity contribution is 5.84. The van der Waals surface area contributed by atoms with E-state index >= 15 is 0 Å². The molecule has 0 bridgehead atoms. The number of carbonyl (C=O) groups is 1. The second kappa shape index (κ2) is 5.91. The smallest absolute Gasteiger partial charge is 0.371 e. The molecule has 2 aromatic rings. The Morgan fingerprint density at radius 3 is 2.45 bits per heavy atom. The molecule has 0 saturated heterocycles. The molecular formula is C12H13N3O5. The van der Waals surface area contributed by atoms with E-state index in [-0.39, 0.29) is 18.3 Å². The summed E-state index contributed by atoms with van der Waals surface area (Å²) in [5, 5.41) is 11.6. The number of nitrogens with one attached hydrogen (secondary N) is 1. The molecule has 0 spiro atoms. The highest BCUT2D eigenvalue weighted by Crippen LogP contribution is 2.18. The zero-order valence-corrected chi connectivity index (χ0v) is 10.9. The molecule has 0 radical (unpaired) electrons. The van der Waals surface area contributed by atoms with E-state index < -0.39 is 5.97 Å². The third kappa shape index (κ3) is 3.16. The first-order chi connectivity index (χ1) is 9.62. The molecular weight excluding hydrogens is 266 g/mol. The van der Waals surface area contributed by atoms with Crippen molar-refractivity contribution in [2.75, 3.05) is 19.5 Å². The van der Waals surface area contributed by atoms with E-state index in [4.69, 9.17) is 19.0 Å². The summed E-state index contributed by atoms with van der Waals surface area (Å²) in [5.74, 6) is 0.207. The fourth-order valence-corrected chi connectivity index (χ4v) is 1.45. The Morgan fingerprint density at radius 1 is 1.30 bits per heavy atom. The van der Waals surface area contributed by atoms with Gasteiger partial charge in [-0.2, -0.15) is 9.97 Å². The average molecular weight is 279 g/mol. The van der Waals surface area contributed by atoms with Crippen LogP contribution in [0.2, 0.25) is 0 Å². The van der Waals surface area contributed by atoms with Gasteiger partial charge in [-0.3, -0.25) is 0 Å². The van der Waals surface area contributed by atoms with E-state index in [2.05, 4.69) is 15.3 Å². The summed E-state index contributed by atoms with van der Waals surface area (Å²) in [6.45, 7) is 0.240. The van der Waals surface area contributed by atoms with Gasteiger partial charge in [-0.15, -0.1) is 0 Å². The molecule has 0 atom stereocenters. The largest absolute Gasteiger partial charge is 0.481 e. The quantitative estimate of drug-likeness (QED) is 0.817. The monoisotopic (exact) mass is 279 g/mol. The zero-order chi connectivity index (χ0) is 14.5. The standard InChI is InChI=1S/C12H13N3O5/c1-18-9-5-10(19-2)15-12(14-9)13-6-7-3-4-8(20-7)11(16)17/h3-5H,6H2,1-2H3,(H,16,17)(H,13,14,15). The molecule has 2 rings (SSSR count). The van der Waals surface area contributed by atoms with Gasteiger partial charge in [0.2, 0.25) is 23.5 Å². The molecule has 2 aromatic heterocycles. The number of nitrogens with zero attached hydrogens (tertiary/aromatic N) is 2. The number of aromatic nitrogens is 2. The summed E-state index contributed by atoms with van der Waals surface area (Å²) in [6, 6.07) is 4.49. The van der Waals surface area contributed by atoms with Crippen LogP contribution in [0, 0.1) is 0 Å². The van der Waals surface area contributed by atoms with E-state index in [0.29, 0.717) is 17.5 Å². The number of methoxy groups -OCH3 is 2. The van der Waals surface area contributed by atoms with Crippen molar-refractivity contribution in [2.45, 2.75) is 6.54 Å². The first-order valence-corrected chi connectivity index (χ1v) is 5.65. The molecule has 2 N–H and O–H groups in total. The number of aromatic carboxylic acids is 1. The predicted octanol–water partition coefficient (Wildman–Crippen LogP) is 1.40. The van der Waals surface area contributed by atoms with Crippen molar-refractivity contribution in [2.24, 2.45) is 0 Å². The van der Waals surface area contributed by atoms with Gasteiger partial charge >= 0.3 is 5.97 Å². The Labute approximate surface area is 114 Å². The van der Waals surface area contributed by atoms with Crippen molar-refractivity contribution in [3.63, 3.8) is 0 Å². The normalized spacial score (nSPS) is 10.1. The predicted molar refractivity (Wildman–Crippen MR) is 68.1 cm³/mol. The topological polar surface area (TPSA) is 107 Å². The molecule has 0 amide bonds. The number of carboxylic acid groups (broad SMARTS) is 1. The number of furan rings is 1. The maximum Gasteiger partial charge on any atom is 0.371 e. The van der Waals surface area contributed by atoms with Crippen LogP contribution in [-0.2, 0) is 6.54 Å². The van der Waals surface area contributed by atoms with Gasteiger partial charge in [0.25, 0.3) is 0 Å². The lowest BCUT2D eigenvalue weighted by molar-refractivity contribution is 0.0660. The molecule has 0 aliphatic carbocycles. The van der Waals surface area contributed by atoms with Gasteiger partial charge in [-0.05, 0) is 12.1 Å². The summed E-state index contributed by atoms with van der Waals surface area (Å²) in [7, 11) is 2.97. The molecule has 0 aliphatic heterocycles. The van der Waals surface area contributed by atoms with E-state index in [1.807, 2.05) is 0 Å². The third-order valence-corrected chi connectivity index (χ3v) is 2.39. The van der Waals surface area contributed by atoms with Gasteiger partial charge in [-0.25, -0.2) is 4.79 Å². The molecule has 0 aliphatic rings. The van der Waals surface area contributed by atoms with Crippen LogP contribution in [0.5, 0.6) is 11.8 Å². The minimum Gasteiger partial charge on any atom is -0.481 e. The molecule has 0 fully saturated rings. The lowest BCUT2D eigenvalue weighted by Gasteiger charge is -2.07. The van der Waals surface area contributed by atoms with Crippen molar-refractivity contribution in [3.05, 3.63) is 29.7 Å². The number of carboxylic acids is 1. The Hall–Kier alpha value is -2.77. The Kier molecular flexibility index (Phi) is 4.04. The molecule has 8 heteroatoms. The second-order valence-corrected chi connectivity index (χ2v) is 3.70. The fourth-order valence-electron chi connectivity index (χ4n) is 1.45. The van der Waals surface area contributed by atoms with Gasteiger partial charge in [-0.1, -0.05) is 0 Å². The summed E-state index contributed by atoms with van der Waals surface area (Å²) < 4.78 is 15.1. The lowest BCUT2D eigenvalue weighted by atomic mass is 10.4. The van der Waals surface area contributed by atoms with E-state index in [0.717, 1.165) is 0 Å². The number of ether oxygens (including phenoxy) is 2. The SMILES string of the molecule is COc1cc(OC)nc(NCc2ccc(C(=O)O)o2)n1. The van der Waals surface area contributed by atoms with Gasteiger partial charge in [0.1, 0.15) is 5.76 Å². The fraction of sp³-hybridized carbons (Fsp3) is 0.250. The first-order valence-electron chi connectivity index (χ1n) is 5.65. The van der Waals surface area contributed by atoms with Crippen LogP contribution in [0.25, 0.3) is 0 Å². The summed E-state index contributed by atoms with van der Waals surface area (Å²) >= 11 is 0. The minimum atomic E-state index is -1.12. The third-order valence-electron chi connectivity index (χ3n) is 2.39. The van der Waals surface area contributed by atoms with Crippen LogP contribution in [0.4, 0.5) is 5.95 Å². The average Bonchev–Trinajstić information content (AvgIpc) is 2.93. The summed E-state index contributed by atoms with van der Waals surface area (Å²) in [5.41, 5.74) is 0. The van der Waals surface area contributed by atoms with Crippen molar-refractivity contribution in [3.8, 4) is 11.8 Å². The Morgan fingerprint density at radius 2 is 1.95 bits per heavy atom. The van der Waals surface area contributed by atoms with Crippen LogP contribution in [0.1, 0.15) is 16.3 Å². The molecule has 8 nitrogen and oxygen atoms in total. The van der Waals surface area contributed by atoms with Crippen LogP contribution in [-0.4, -0.2) is 35.3 Å². The molecule has 106 valence electrons. The Balaban J connectivity index is 2.07. The number of hydrogen-bond donors (Lipinski definition) is 2. The van der Waals surface area contributed by atoms with E-state index in [9.17, 15) is 4.79 Å². The molecule has 0 unspecified atom stereocenters. The van der Waals surface area contributed by atoms with Crippen LogP contribution in [0.15, 0.2) is 22.6 Å². The van der Waals surface area contributed by atoms with Crippen molar-refractivity contribution in [1.82, 2.24) is 9.97 Å². The minimum absolute atomic E-state index is 0.119. The molecule has 0 saturated carbocycles. The highest BCUT2D eigenvalue weighted by Gasteiger charge is 2.10. The summed E-state index contributed by atoms with van der Waals surface area (Å²) in [6.07, 6.45) is 0. The summed E-state index contributed by atoms with van der Waals surface area (Å²) in [4.78, 5) is 18.8. The number of hydrogen-bond acceptors (Lipinski definition) is 7. The number of rotatable bonds is 6. The molecule has 2 heterocycles. The van der Waals surface area contributed by atoms with E-state index in [1.165, 1.54) is 20.3 Å². The molecule has 20 heavy (non-hydrogen) atoms. The lowest BCUT2D eigenvalue weighted by Crippen LogP contribution is -2.05. The molecule has 0 aromatic carbocycles. The maximum atomic E-state index is 10.7. The van der Waals surface area contributed by atoms with Crippen molar-refractivity contribution < 1.29 is 23.8 Å². The van der Waals surface area contributed by atoms with Gasteiger partial charge in [0.15, 0.2) is 0 Å².